The van der Waals surface area contributed by atoms with Gasteiger partial charge >= 0.3 is 6.01 Å². The molecule has 0 atom stereocenters. The fraction of sp³-hybridized carbons (Fsp3) is 0.364. The number of nitrogens with two attached hydrogens (primary N) is 1. The van der Waals surface area contributed by atoms with Crippen LogP contribution in [0.4, 0.5) is 11.9 Å². The van der Waals surface area contributed by atoms with Crippen LogP contribution < -0.4 is 21.3 Å². The van der Waals surface area contributed by atoms with Crippen LogP contribution >= 0.6 is 0 Å². The molecule has 8 heteroatoms. The van der Waals surface area contributed by atoms with E-state index in [1.165, 1.54) is 0 Å². The van der Waals surface area contributed by atoms with Gasteiger partial charge in [0.15, 0.2) is 0 Å². The summed E-state index contributed by atoms with van der Waals surface area (Å²) < 4.78 is 10.7. The molecule has 2 rings (SSSR count). The molecule has 2 aromatic rings. The summed E-state index contributed by atoms with van der Waals surface area (Å²) in [4.78, 5) is 12.1. The monoisotopic (exact) mass is 264 g/mol. The minimum Gasteiger partial charge on any atom is -0.465 e. The fourth-order valence-electron chi connectivity index (χ4n) is 1.44. The highest BCUT2D eigenvalue weighted by atomic mass is 16.5. The van der Waals surface area contributed by atoms with Crippen molar-refractivity contribution >= 4 is 11.9 Å². The third-order valence-corrected chi connectivity index (χ3v) is 2.23. The molecular formula is C11H16N6O2. The maximum absolute atomic E-state index is 5.43. The lowest BCUT2D eigenvalue weighted by molar-refractivity contribution is 0.312. The number of nitrogens with one attached hydrogen (secondary N) is 2. The van der Waals surface area contributed by atoms with Crippen LogP contribution in [-0.2, 0) is 6.54 Å². The lowest BCUT2D eigenvalue weighted by Gasteiger charge is -2.07. The Morgan fingerprint density at radius 3 is 2.68 bits per heavy atom. The number of nitrogens with zero attached hydrogens (tertiary/aromatic N) is 3. The molecule has 0 aliphatic heterocycles. The van der Waals surface area contributed by atoms with Gasteiger partial charge in [-0.1, -0.05) is 0 Å². The Kier molecular flexibility index (Phi) is 4.14. The average Bonchev–Trinajstić information content (AvgIpc) is 2.82. The van der Waals surface area contributed by atoms with Crippen molar-refractivity contribution in [2.75, 3.05) is 17.3 Å². The Hall–Kier alpha value is -2.35. The third-order valence-electron chi connectivity index (χ3n) is 2.23. The summed E-state index contributed by atoms with van der Waals surface area (Å²) in [5, 5.41) is 3.02. The van der Waals surface area contributed by atoms with Crippen LogP contribution in [-0.4, -0.2) is 21.6 Å². The highest BCUT2D eigenvalue weighted by Crippen LogP contribution is 2.12. The second-order valence-corrected chi connectivity index (χ2v) is 3.71. The fourth-order valence-corrected chi connectivity index (χ4v) is 1.44. The molecule has 0 saturated carbocycles. The maximum atomic E-state index is 5.43. The number of anilines is 2. The van der Waals surface area contributed by atoms with Crippen molar-refractivity contribution in [1.29, 1.82) is 0 Å². The molecule has 0 amide bonds. The van der Waals surface area contributed by atoms with Crippen molar-refractivity contribution in [3.63, 3.8) is 0 Å². The molecule has 0 unspecified atom stereocenters. The van der Waals surface area contributed by atoms with Crippen LogP contribution in [0.2, 0.25) is 0 Å². The standard InChI is InChI=1S/C11H16N6O2/c1-3-18-11-15-9(14-10(16-11)17-12)13-6-8-5-4-7(2)19-8/h4-5H,3,6,12H2,1-2H3,(H2,13,14,15,16,17). The molecule has 19 heavy (non-hydrogen) atoms. The van der Waals surface area contributed by atoms with E-state index in [2.05, 4.69) is 25.7 Å². The number of nitrogen functional groups attached to an aromatic ring is 1. The van der Waals surface area contributed by atoms with Gasteiger partial charge in [-0.15, -0.1) is 0 Å². The Balaban J connectivity index is 2.08. The first-order chi connectivity index (χ1) is 9.21. The molecule has 2 aromatic heterocycles. The van der Waals surface area contributed by atoms with Gasteiger partial charge in [-0.2, -0.15) is 15.0 Å². The summed E-state index contributed by atoms with van der Waals surface area (Å²) in [6.07, 6.45) is 0. The number of rotatable bonds is 6. The molecule has 2 heterocycles. The Morgan fingerprint density at radius 2 is 2.05 bits per heavy atom. The van der Waals surface area contributed by atoms with E-state index in [4.69, 9.17) is 15.0 Å². The summed E-state index contributed by atoms with van der Waals surface area (Å²) in [5.41, 5.74) is 2.36. The first-order valence-corrected chi connectivity index (χ1v) is 5.86. The van der Waals surface area contributed by atoms with Crippen LogP contribution in [0.15, 0.2) is 16.5 Å². The summed E-state index contributed by atoms with van der Waals surface area (Å²) in [6, 6.07) is 3.99. The second kappa shape index (κ2) is 6.01. The SMILES string of the molecule is CCOc1nc(NN)nc(NCc2ccc(C)o2)n1. The molecule has 0 bridgehead atoms. The summed E-state index contributed by atoms with van der Waals surface area (Å²) in [5.74, 6) is 7.53. The van der Waals surface area contributed by atoms with Gasteiger partial charge in [0.1, 0.15) is 11.5 Å². The first-order valence-electron chi connectivity index (χ1n) is 5.86. The van der Waals surface area contributed by atoms with Gasteiger partial charge in [0.25, 0.3) is 0 Å². The van der Waals surface area contributed by atoms with E-state index in [-0.39, 0.29) is 12.0 Å². The van der Waals surface area contributed by atoms with E-state index in [1.807, 2.05) is 26.0 Å². The molecule has 4 N–H and O–H groups in total. The lowest BCUT2D eigenvalue weighted by atomic mass is 10.4. The van der Waals surface area contributed by atoms with E-state index in [9.17, 15) is 0 Å². The van der Waals surface area contributed by atoms with Gasteiger partial charge in [-0.05, 0) is 26.0 Å². The molecule has 8 nitrogen and oxygen atoms in total. The molecular weight excluding hydrogens is 248 g/mol. The Morgan fingerprint density at radius 1 is 1.26 bits per heavy atom. The molecule has 0 fully saturated rings. The first kappa shape index (κ1) is 13.1. The Labute approximate surface area is 110 Å². The topological polar surface area (TPSA) is 111 Å². The zero-order valence-electron chi connectivity index (χ0n) is 10.8. The zero-order chi connectivity index (χ0) is 13.7. The highest BCUT2D eigenvalue weighted by molar-refractivity contribution is 5.35. The molecule has 0 aliphatic rings. The normalized spacial score (nSPS) is 10.3. The summed E-state index contributed by atoms with van der Waals surface area (Å²) in [6.45, 7) is 4.66. The van der Waals surface area contributed by atoms with Crippen molar-refractivity contribution in [2.24, 2.45) is 5.84 Å². The van der Waals surface area contributed by atoms with Crippen LogP contribution in [0.25, 0.3) is 0 Å². The van der Waals surface area contributed by atoms with E-state index < -0.39 is 0 Å². The van der Waals surface area contributed by atoms with Gasteiger partial charge in [-0.25, -0.2) is 5.84 Å². The van der Waals surface area contributed by atoms with Crippen LogP contribution in [0.1, 0.15) is 18.4 Å². The average molecular weight is 264 g/mol. The molecule has 0 saturated heterocycles. The van der Waals surface area contributed by atoms with Gasteiger partial charge in [0, 0.05) is 0 Å². The van der Waals surface area contributed by atoms with Gasteiger partial charge in [0.2, 0.25) is 11.9 Å². The highest BCUT2D eigenvalue weighted by Gasteiger charge is 2.07. The number of ether oxygens (including phenoxy) is 1. The van der Waals surface area contributed by atoms with Gasteiger partial charge in [0.05, 0.1) is 13.2 Å². The van der Waals surface area contributed by atoms with Crippen molar-refractivity contribution in [1.82, 2.24) is 15.0 Å². The van der Waals surface area contributed by atoms with E-state index >= 15 is 0 Å². The molecule has 0 aromatic carbocycles. The molecule has 0 radical (unpaired) electrons. The number of hydrogen-bond donors (Lipinski definition) is 3. The third kappa shape index (κ3) is 3.55. The van der Waals surface area contributed by atoms with Gasteiger partial charge in [-0.3, -0.25) is 5.43 Å². The number of aromatic nitrogens is 3. The van der Waals surface area contributed by atoms with Crippen molar-refractivity contribution < 1.29 is 9.15 Å². The van der Waals surface area contributed by atoms with Crippen molar-refractivity contribution in [3.8, 4) is 6.01 Å². The Bertz CT molecular complexity index is 542. The number of aryl methyl sites for hydroxylation is 1. The minimum atomic E-state index is 0.212. The molecule has 0 aliphatic carbocycles. The number of furan rings is 1. The largest absolute Gasteiger partial charge is 0.465 e. The second-order valence-electron chi connectivity index (χ2n) is 3.71. The van der Waals surface area contributed by atoms with Crippen molar-refractivity contribution in [3.05, 3.63) is 23.7 Å². The molecule has 102 valence electrons. The predicted octanol–water partition coefficient (Wildman–Crippen LogP) is 1.07. The minimum absolute atomic E-state index is 0.212. The zero-order valence-corrected chi connectivity index (χ0v) is 10.8. The quantitative estimate of drug-likeness (QED) is 0.524. The van der Waals surface area contributed by atoms with E-state index in [0.717, 1.165) is 11.5 Å². The number of hydrazine groups is 1. The van der Waals surface area contributed by atoms with E-state index in [1.54, 1.807) is 0 Å². The van der Waals surface area contributed by atoms with Crippen LogP contribution in [0.3, 0.4) is 0 Å². The van der Waals surface area contributed by atoms with Crippen molar-refractivity contribution in [2.45, 2.75) is 20.4 Å². The van der Waals surface area contributed by atoms with Crippen LogP contribution in [0, 0.1) is 6.92 Å². The smallest absolute Gasteiger partial charge is 0.323 e. The lowest BCUT2D eigenvalue weighted by Crippen LogP contribution is -2.14. The summed E-state index contributed by atoms with van der Waals surface area (Å²) in [7, 11) is 0. The molecule has 0 spiro atoms. The summed E-state index contributed by atoms with van der Waals surface area (Å²) >= 11 is 0. The number of hydrogen-bond acceptors (Lipinski definition) is 8. The van der Waals surface area contributed by atoms with E-state index in [0.29, 0.717) is 19.1 Å². The van der Waals surface area contributed by atoms with Gasteiger partial charge < -0.3 is 14.5 Å². The van der Waals surface area contributed by atoms with Crippen LogP contribution in [0.5, 0.6) is 6.01 Å². The maximum Gasteiger partial charge on any atom is 0.323 e. The predicted molar refractivity (Wildman–Crippen MR) is 69.6 cm³/mol.